The van der Waals surface area contributed by atoms with Gasteiger partial charge in [-0.25, -0.2) is 0 Å². The minimum Gasteiger partial charge on any atom is -0.454 e. The molecule has 1 fully saturated rings. The van der Waals surface area contributed by atoms with E-state index in [2.05, 4.69) is 15.5 Å². The predicted molar refractivity (Wildman–Crippen MR) is 98.5 cm³/mol. The summed E-state index contributed by atoms with van der Waals surface area (Å²) in [4.78, 5) is 17.0. The Hall–Kier alpha value is -2.54. The molecule has 1 aliphatic carbocycles. The zero-order chi connectivity index (χ0) is 18.9. The summed E-state index contributed by atoms with van der Waals surface area (Å²) in [5, 5.41) is 7.62. The summed E-state index contributed by atoms with van der Waals surface area (Å²) >= 11 is 6.18. The van der Waals surface area contributed by atoms with Gasteiger partial charge < -0.3 is 19.3 Å². The Morgan fingerprint density at radius 2 is 2.07 bits per heavy atom. The number of hydrogen-bond acceptors (Lipinski definition) is 6. The van der Waals surface area contributed by atoms with Gasteiger partial charge in [-0.15, -0.1) is 0 Å². The van der Waals surface area contributed by atoms with Crippen molar-refractivity contribution in [2.75, 3.05) is 6.79 Å². The van der Waals surface area contributed by atoms with Gasteiger partial charge in [0, 0.05) is 13.0 Å². The van der Waals surface area contributed by atoms with Gasteiger partial charge in [0.05, 0.1) is 5.02 Å². The lowest BCUT2D eigenvalue weighted by atomic mass is 9.81. The van der Waals surface area contributed by atoms with Gasteiger partial charge in [-0.2, -0.15) is 4.98 Å². The van der Waals surface area contributed by atoms with Crippen LogP contribution in [0.25, 0.3) is 6.08 Å². The van der Waals surface area contributed by atoms with Crippen LogP contribution >= 0.6 is 11.6 Å². The molecule has 142 valence electrons. The lowest BCUT2D eigenvalue weighted by Gasteiger charge is -2.34. The first-order chi connectivity index (χ1) is 13.1. The number of nitrogens with one attached hydrogen (secondary N) is 1. The third-order valence-electron chi connectivity index (χ3n) is 4.90. The molecule has 0 atom stereocenters. The summed E-state index contributed by atoms with van der Waals surface area (Å²) in [6.45, 7) is 1.90. The molecule has 1 aromatic carbocycles. The van der Waals surface area contributed by atoms with E-state index < -0.39 is 5.54 Å². The van der Waals surface area contributed by atoms with Gasteiger partial charge in [0.2, 0.25) is 18.6 Å². The molecular weight excluding hydrogens is 370 g/mol. The molecule has 0 bridgehead atoms. The number of ether oxygens (including phenoxy) is 2. The molecule has 27 heavy (non-hydrogen) atoms. The average Bonchev–Trinajstić information content (AvgIpc) is 3.30. The Balaban J connectivity index is 1.52. The minimum atomic E-state index is -0.579. The molecule has 2 aliphatic rings. The number of amides is 1. The molecule has 1 N–H and O–H groups in total. The summed E-state index contributed by atoms with van der Waals surface area (Å²) in [6, 6.07) is 3.52. The lowest BCUT2D eigenvalue weighted by molar-refractivity contribution is -0.119. The molecule has 2 heterocycles. The van der Waals surface area contributed by atoms with E-state index in [1.807, 2.05) is 0 Å². The van der Waals surface area contributed by atoms with Crippen molar-refractivity contribution < 1.29 is 18.8 Å². The summed E-state index contributed by atoms with van der Waals surface area (Å²) in [5.41, 5.74) is 0.178. The minimum absolute atomic E-state index is 0.148. The molecule has 0 radical (unpaired) electrons. The maximum absolute atomic E-state index is 12.6. The monoisotopic (exact) mass is 389 g/mol. The molecule has 8 heteroatoms. The third-order valence-corrected chi connectivity index (χ3v) is 5.18. The smallest absolute Gasteiger partial charge is 0.244 e. The SMILES string of the molecule is Cc1nc(C2(NC(=O)/C=C\c3cc(Cl)c4c(c3)OCO4)CCCCC2)no1. The fraction of sp³-hybridized carbons (Fsp3) is 0.421. The molecule has 1 amide bonds. The highest BCUT2D eigenvalue weighted by molar-refractivity contribution is 6.32. The number of halogens is 1. The molecule has 7 nitrogen and oxygen atoms in total. The van der Waals surface area contributed by atoms with E-state index in [1.165, 1.54) is 6.08 Å². The predicted octanol–water partition coefficient (Wildman–Crippen LogP) is 3.75. The Morgan fingerprint density at radius 1 is 1.26 bits per heavy atom. The normalized spacial score (nSPS) is 18.0. The van der Waals surface area contributed by atoms with Gasteiger partial charge in [0.1, 0.15) is 5.54 Å². The quantitative estimate of drug-likeness (QED) is 0.801. The second-order valence-electron chi connectivity index (χ2n) is 6.84. The molecule has 0 saturated heterocycles. The van der Waals surface area contributed by atoms with Crippen LogP contribution in [0.3, 0.4) is 0 Å². The number of aromatic nitrogens is 2. The van der Waals surface area contributed by atoms with Crippen molar-refractivity contribution in [2.45, 2.75) is 44.6 Å². The van der Waals surface area contributed by atoms with Gasteiger partial charge in [0.25, 0.3) is 0 Å². The Bertz CT molecular complexity index is 887. The van der Waals surface area contributed by atoms with E-state index in [-0.39, 0.29) is 12.7 Å². The molecule has 1 saturated carbocycles. The van der Waals surface area contributed by atoms with Crippen LogP contribution in [0.1, 0.15) is 49.4 Å². The van der Waals surface area contributed by atoms with Crippen LogP contribution in [0.15, 0.2) is 22.7 Å². The number of rotatable bonds is 4. The average molecular weight is 390 g/mol. The summed E-state index contributed by atoms with van der Waals surface area (Å²) < 4.78 is 15.8. The first-order valence-electron chi connectivity index (χ1n) is 8.96. The van der Waals surface area contributed by atoms with E-state index in [4.69, 9.17) is 25.6 Å². The molecule has 1 aliphatic heterocycles. The summed E-state index contributed by atoms with van der Waals surface area (Å²) in [7, 11) is 0. The van der Waals surface area contributed by atoms with Crippen molar-refractivity contribution in [3.8, 4) is 11.5 Å². The van der Waals surface area contributed by atoms with Crippen LogP contribution in [-0.2, 0) is 10.3 Å². The summed E-state index contributed by atoms with van der Waals surface area (Å²) in [5.74, 6) is 1.94. The van der Waals surface area contributed by atoms with Crippen LogP contribution < -0.4 is 14.8 Å². The van der Waals surface area contributed by atoms with Crippen molar-refractivity contribution >= 4 is 23.6 Å². The van der Waals surface area contributed by atoms with Gasteiger partial charge in [0.15, 0.2) is 17.3 Å². The van der Waals surface area contributed by atoms with Gasteiger partial charge in [-0.1, -0.05) is 36.0 Å². The van der Waals surface area contributed by atoms with Crippen molar-refractivity contribution in [3.63, 3.8) is 0 Å². The Morgan fingerprint density at radius 3 is 2.81 bits per heavy atom. The van der Waals surface area contributed by atoms with E-state index in [0.29, 0.717) is 28.2 Å². The van der Waals surface area contributed by atoms with Crippen LogP contribution in [0.2, 0.25) is 5.02 Å². The highest BCUT2D eigenvalue weighted by atomic mass is 35.5. The number of hydrogen-bond donors (Lipinski definition) is 1. The number of carbonyl (C=O) groups excluding carboxylic acids is 1. The Labute approximate surface area is 161 Å². The topological polar surface area (TPSA) is 86.5 Å². The zero-order valence-corrected chi connectivity index (χ0v) is 15.7. The second kappa shape index (κ2) is 7.23. The second-order valence-corrected chi connectivity index (χ2v) is 7.25. The highest BCUT2D eigenvalue weighted by Crippen LogP contribution is 2.40. The number of carbonyl (C=O) groups is 1. The molecule has 2 aromatic rings. The molecule has 1 aromatic heterocycles. The first-order valence-corrected chi connectivity index (χ1v) is 9.34. The van der Waals surface area contributed by atoms with Gasteiger partial charge in [-0.05, 0) is 36.6 Å². The zero-order valence-electron chi connectivity index (χ0n) is 15.0. The third kappa shape index (κ3) is 3.64. The van der Waals surface area contributed by atoms with Crippen molar-refractivity contribution in [3.05, 3.63) is 40.5 Å². The Kier molecular flexibility index (Phi) is 4.78. The number of benzene rings is 1. The fourth-order valence-electron chi connectivity index (χ4n) is 3.59. The van der Waals surface area contributed by atoms with Crippen LogP contribution in [-0.4, -0.2) is 22.8 Å². The van der Waals surface area contributed by atoms with Crippen LogP contribution in [0.4, 0.5) is 0 Å². The molecule has 0 unspecified atom stereocenters. The highest BCUT2D eigenvalue weighted by Gasteiger charge is 2.39. The van der Waals surface area contributed by atoms with E-state index in [9.17, 15) is 4.79 Å². The van der Waals surface area contributed by atoms with E-state index in [1.54, 1.807) is 25.1 Å². The standard InChI is InChI=1S/C19H20ClN3O4/c1-12-21-18(23-27-12)19(7-3-2-4-8-19)22-16(24)6-5-13-9-14(20)17-15(10-13)25-11-26-17/h5-6,9-10H,2-4,7-8,11H2,1H3,(H,22,24)/b6-5-. The fourth-order valence-corrected chi connectivity index (χ4v) is 3.86. The first kappa shape index (κ1) is 17.9. The van der Waals surface area contributed by atoms with Crippen LogP contribution in [0.5, 0.6) is 11.5 Å². The van der Waals surface area contributed by atoms with Gasteiger partial charge >= 0.3 is 0 Å². The lowest BCUT2D eigenvalue weighted by Crippen LogP contribution is -2.47. The number of fused-ring (bicyclic) bond motifs is 1. The maximum Gasteiger partial charge on any atom is 0.244 e. The largest absolute Gasteiger partial charge is 0.454 e. The summed E-state index contributed by atoms with van der Waals surface area (Å²) in [6.07, 6.45) is 7.92. The van der Waals surface area contributed by atoms with Crippen molar-refractivity contribution in [1.82, 2.24) is 15.5 Å². The van der Waals surface area contributed by atoms with Gasteiger partial charge in [-0.3, -0.25) is 4.79 Å². The van der Waals surface area contributed by atoms with E-state index in [0.717, 1.165) is 37.7 Å². The molecule has 0 spiro atoms. The molecule has 4 rings (SSSR count). The maximum atomic E-state index is 12.6. The van der Waals surface area contributed by atoms with Crippen LogP contribution in [0, 0.1) is 6.92 Å². The van der Waals surface area contributed by atoms with E-state index >= 15 is 0 Å². The molecular formula is C19H20ClN3O4. The number of nitrogens with zero attached hydrogens (tertiary/aromatic N) is 2. The number of aryl methyl sites for hydroxylation is 1. The van der Waals surface area contributed by atoms with Crippen molar-refractivity contribution in [1.29, 1.82) is 0 Å². The van der Waals surface area contributed by atoms with Crippen molar-refractivity contribution in [2.24, 2.45) is 0 Å².